The summed E-state index contributed by atoms with van der Waals surface area (Å²) >= 11 is 0. The lowest BCUT2D eigenvalue weighted by Gasteiger charge is -2.05. The molecule has 2 aromatic carbocycles. The Bertz CT molecular complexity index is 956. The van der Waals surface area contributed by atoms with Crippen molar-refractivity contribution in [3.8, 4) is 5.75 Å². The number of nitrogens with one attached hydrogen (secondary N) is 1. The van der Waals surface area contributed by atoms with E-state index in [1.165, 1.54) is 5.52 Å². The predicted octanol–water partition coefficient (Wildman–Crippen LogP) is 4.52. The first-order chi connectivity index (χ1) is 13.2. The molecule has 3 rings (SSSR count). The molecule has 1 aromatic heterocycles. The highest BCUT2D eigenvalue weighted by Crippen LogP contribution is 2.24. The Morgan fingerprint density at radius 1 is 1.15 bits per heavy atom. The van der Waals surface area contributed by atoms with E-state index in [-0.39, 0.29) is 5.91 Å². The molecule has 1 heterocycles. The number of aromatic nitrogens is 1. The van der Waals surface area contributed by atoms with Crippen LogP contribution in [-0.4, -0.2) is 23.3 Å². The Morgan fingerprint density at radius 2 is 1.89 bits per heavy atom. The number of para-hydroxylation sites is 1. The van der Waals surface area contributed by atoms with Crippen LogP contribution in [0.1, 0.15) is 41.9 Å². The van der Waals surface area contributed by atoms with E-state index in [0.717, 1.165) is 35.4 Å². The van der Waals surface area contributed by atoms with Gasteiger partial charge in [-0.15, -0.1) is 0 Å². The fourth-order valence-corrected chi connectivity index (χ4v) is 3.17. The molecule has 1 N–H and O–H groups in total. The van der Waals surface area contributed by atoms with E-state index in [0.29, 0.717) is 12.2 Å². The van der Waals surface area contributed by atoms with Gasteiger partial charge in [0.1, 0.15) is 5.75 Å². The molecule has 1 amide bonds. The predicted molar refractivity (Wildman–Crippen MR) is 110 cm³/mol. The summed E-state index contributed by atoms with van der Waals surface area (Å²) in [6.07, 6.45) is 2.67. The van der Waals surface area contributed by atoms with Gasteiger partial charge in [0.15, 0.2) is 0 Å². The number of hydrazone groups is 1. The van der Waals surface area contributed by atoms with Crippen LogP contribution in [0.5, 0.6) is 5.75 Å². The van der Waals surface area contributed by atoms with E-state index in [4.69, 9.17) is 4.74 Å². The van der Waals surface area contributed by atoms with Gasteiger partial charge in [-0.25, -0.2) is 5.43 Å². The number of aryl methyl sites for hydroxylation is 1. The first-order valence-corrected chi connectivity index (χ1v) is 9.29. The summed E-state index contributed by atoms with van der Waals surface area (Å²) in [6, 6.07) is 15.3. The third-order valence-corrected chi connectivity index (χ3v) is 4.55. The normalized spacial score (nSPS) is 11.2. The molecule has 0 aliphatic rings. The molecule has 27 heavy (non-hydrogen) atoms. The zero-order valence-corrected chi connectivity index (χ0v) is 16.0. The van der Waals surface area contributed by atoms with Gasteiger partial charge >= 0.3 is 0 Å². The highest BCUT2D eigenvalue weighted by atomic mass is 16.5. The molecule has 5 heteroatoms. The number of amides is 1. The van der Waals surface area contributed by atoms with E-state index < -0.39 is 0 Å². The van der Waals surface area contributed by atoms with Gasteiger partial charge in [0.25, 0.3) is 5.91 Å². The second kappa shape index (κ2) is 8.54. The van der Waals surface area contributed by atoms with Crippen molar-refractivity contribution in [2.45, 2.75) is 33.7 Å². The zero-order chi connectivity index (χ0) is 19.2. The maximum Gasteiger partial charge on any atom is 0.271 e. The van der Waals surface area contributed by atoms with Crippen molar-refractivity contribution < 1.29 is 9.53 Å². The molecule has 0 aliphatic carbocycles. The van der Waals surface area contributed by atoms with Gasteiger partial charge in [0.05, 0.1) is 12.8 Å². The average Bonchev–Trinajstić information content (AvgIpc) is 2.97. The molecule has 0 aliphatic heterocycles. The third kappa shape index (κ3) is 4.03. The summed E-state index contributed by atoms with van der Waals surface area (Å²) in [5.74, 6) is 0.519. The smallest absolute Gasteiger partial charge is 0.271 e. The SMILES string of the molecule is CCCOc1ccc(C(=O)N/N=C/c2c(C)n(CC)c3ccccc23)cc1. The molecule has 0 fully saturated rings. The minimum Gasteiger partial charge on any atom is -0.494 e. The number of carbonyl (C=O) groups is 1. The van der Waals surface area contributed by atoms with Crippen LogP contribution in [0.2, 0.25) is 0 Å². The maximum absolute atomic E-state index is 12.3. The molecule has 0 unspecified atom stereocenters. The number of hydrogen-bond acceptors (Lipinski definition) is 3. The van der Waals surface area contributed by atoms with Crippen molar-refractivity contribution in [3.05, 3.63) is 65.4 Å². The first kappa shape index (κ1) is 18.7. The summed E-state index contributed by atoms with van der Waals surface area (Å²) < 4.78 is 7.78. The Morgan fingerprint density at radius 3 is 2.59 bits per heavy atom. The molecule has 5 nitrogen and oxygen atoms in total. The molecule has 0 atom stereocenters. The molecular formula is C22H25N3O2. The van der Waals surface area contributed by atoms with Crippen molar-refractivity contribution in [1.82, 2.24) is 9.99 Å². The van der Waals surface area contributed by atoms with Crippen molar-refractivity contribution in [2.24, 2.45) is 5.10 Å². The Hall–Kier alpha value is -3.08. The van der Waals surface area contributed by atoms with Gasteiger partial charge in [-0.05, 0) is 50.6 Å². The van der Waals surface area contributed by atoms with Gasteiger partial charge in [-0.1, -0.05) is 25.1 Å². The Labute approximate surface area is 159 Å². The monoisotopic (exact) mass is 363 g/mol. The number of benzene rings is 2. The fraction of sp³-hybridized carbons (Fsp3) is 0.273. The van der Waals surface area contributed by atoms with Crippen LogP contribution in [0.25, 0.3) is 10.9 Å². The number of carbonyl (C=O) groups excluding carboxylic acids is 1. The van der Waals surface area contributed by atoms with E-state index in [2.05, 4.69) is 48.0 Å². The summed E-state index contributed by atoms with van der Waals surface area (Å²) in [5, 5.41) is 5.31. The van der Waals surface area contributed by atoms with Gasteiger partial charge in [-0.2, -0.15) is 5.10 Å². The second-order valence-corrected chi connectivity index (χ2v) is 6.33. The van der Waals surface area contributed by atoms with E-state index in [9.17, 15) is 4.79 Å². The van der Waals surface area contributed by atoms with Crippen LogP contribution in [0.15, 0.2) is 53.6 Å². The summed E-state index contributed by atoms with van der Waals surface area (Å²) in [6.45, 7) is 7.80. The summed E-state index contributed by atoms with van der Waals surface area (Å²) in [4.78, 5) is 12.3. The largest absolute Gasteiger partial charge is 0.494 e. The molecule has 140 valence electrons. The number of hydrogen-bond donors (Lipinski definition) is 1. The minimum absolute atomic E-state index is 0.245. The van der Waals surface area contributed by atoms with E-state index in [1.54, 1.807) is 30.5 Å². The highest BCUT2D eigenvalue weighted by Gasteiger charge is 2.11. The molecule has 0 spiro atoms. The van der Waals surface area contributed by atoms with Crippen LogP contribution in [-0.2, 0) is 6.54 Å². The quantitative estimate of drug-likeness (QED) is 0.495. The van der Waals surface area contributed by atoms with E-state index in [1.807, 2.05) is 12.1 Å². The number of rotatable bonds is 7. The van der Waals surface area contributed by atoms with E-state index >= 15 is 0 Å². The number of ether oxygens (including phenoxy) is 1. The summed E-state index contributed by atoms with van der Waals surface area (Å²) in [5.41, 5.74) is 6.49. The van der Waals surface area contributed by atoms with Crippen molar-refractivity contribution >= 4 is 23.0 Å². The van der Waals surface area contributed by atoms with Crippen LogP contribution in [0, 0.1) is 6.92 Å². The Kier molecular flexibility index (Phi) is 5.91. The van der Waals surface area contributed by atoms with Crippen molar-refractivity contribution in [2.75, 3.05) is 6.61 Å². The average molecular weight is 363 g/mol. The minimum atomic E-state index is -0.245. The molecule has 0 saturated carbocycles. The molecule has 3 aromatic rings. The maximum atomic E-state index is 12.3. The van der Waals surface area contributed by atoms with Crippen LogP contribution >= 0.6 is 0 Å². The second-order valence-electron chi connectivity index (χ2n) is 6.33. The van der Waals surface area contributed by atoms with Crippen LogP contribution in [0.3, 0.4) is 0 Å². The topological polar surface area (TPSA) is 55.6 Å². The van der Waals surface area contributed by atoms with Gasteiger partial charge in [0, 0.05) is 34.3 Å². The molecule has 0 saturated heterocycles. The molecule has 0 radical (unpaired) electrons. The van der Waals surface area contributed by atoms with Gasteiger partial charge < -0.3 is 9.30 Å². The zero-order valence-electron chi connectivity index (χ0n) is 16.0. The number of fused-ring (bicyclic) bond motifs is 1. The first-order valence-electron chi connectivity index (χ1n) is 9.29. The van der Waals surface area contributed by atoms with Crippen molar-refractivity contribution in [1.29, 1.82) is 0 Å². The lowest BCUT2D eigenvalue weighted by Crippen LogP contribution is -2.17. The third-order valence-electron chi connectivity index (χ3n) is 4.55. The van der Waals surface area contributed by atoms with Gasteiger partial charge in [0.2, 0.25) is 0 Å². The summed E-state index contributed by atoms with van der Waals surface area (Å²) in [7, 11) is 0. The van der Waals surface area contributed by atoms with Gasteiger partial charge in [-0.3, -0.25) is 4.79 Å². The highest BCUT2D eigenvalue weighted by molar-refractivity contribution is 6.02. The number of nitrogens with zero attached hydrogens (tertiary/aromatic N) is 2. The lowest BCUT2D eigenvalue weighted by molar-refractivity contribution is 0.0955. The molecular weight excluding hydrogens is 338 g/mol. The van der Waals surface area contributed by atoms with Crippen LogP contribution < -0.4 is 10.2 Å². The Balaban J connectivity index is 1.73. The van der Waals surface area contributed by atoms with Crippen LogP contribution in [0.4, 0.5) is 0 Å². The fourth-order valence-electron chi connectivity index (χ4n) is 3.17. The lowest BCUT2D eigenvalue weighted by atomic mass is 10.1. The van der Waals surface area contributed by atoms with Crippen molar-refractivity contribution in [3.63, 3.8) is 0 Å². The standard InChI is InChI=1S/C22H25N3O2/c1-4-14-27-18-12-10-17(11-13-18)22(26)24-23-15-20-16(3)25(5-2)21-9-7-6-8-19(20)21/h6-13,15H,4-5,14H2,1-3H3,(H,24,26)/b23-15+. The molecule has 0 bridgehead atoms.